The number of aliphatic hydroxyl groups excluding tert-OH is 1. The number of benzene rings is 1. The van der Waals surface area contributed by atoms with E-state index in [1.165, 1.54) is 24.8 Å². The molecule has 1 aromatic rings. The van der Waals surface area contributed by atoms with Crippen LogP contribution in [0.2, 0.25) is 0 Å². The molecule has 2 heteroatoms. The Morgan fingerprint density at radius 3 is 2.37 bits per heavy atom. The van der Waals surface area contributed by atoms with Gasteiger partial charge in [0.15, 0.2) is 0 Å². The Kier molecular flexibility index (Phi) is 8.52. The van der Waals surface area contributed by atoms with Gasteiger partial charge in [-0.05, 0) is 24.0 Å². The molecule has 0 radical (unpaired) electrons. The summed E-state index contributed by atoms with van der Waals surface area (Å²) in [4.78, 5) is 0. The van der Waals surface area contributed by atoms with Crippen LogP contribution in [0.4, 0.5) is 0 Å². The van der Waals surface area contributed by atoms with Gasteiger partial charge in [-0.15, -0.1) is 0 Å². The molecule has 1 unspecified atom stereocenters. The summed E-state index contributed by atoms with van der Waals surface area (Å²) < 4.78 is 5.52. The van der Waals surface area contributed by atoms with Gasteiger partial charge in [-0.3, -0.25) is 0 Å². The highest BCUT2D eigenvalue weighted by molar-refractivity contribution is 5.24. The predicted octanol–water partition coefficient (Wildman–Crippen LogP) is 4.27. The largest absolute Gasteiger partial charge is 0.386 e. The second kappa shape index (κ2) is 9.99. The van der Waals surface area contributed by atoms with E-state index in [0.717, 1.165) is 31.4 Å². The summed E-state index contributed by atoms with van der Waals surface area (Å²) in [6.07, 6.45) is 6.58. The first-order valence-electron chi connectivity index (χ1n) is 7.62. The molecule has 0 aliphatic carbocycles. The van der Waals surface area contributed by atoms with Crippen molar-refractivity contribution < 1.29 is 9.84 Å². The van der Waals surface area contributed by atoms with Crippen molar-refractivity contribution in [2.75, 3.05) is 13.2 Å². The minimum Gasteiger partial charge on any atom is -0.386 e. The Hall–Kier alpha value is -0.860. The molecule has 2 nitrogen and oxygen atoms in total. The average molecular weight is 264 g/mol. The van der Waals surface area contributed by atoms with Gasteiger partial charge >= 0.3 is 0 Å². The van der Waals surface area contributed by atoms with Crippen LogP contribution in [0.3, 0.4) is 0 Å². The summed E-state index contributed by atoms with van der Waals surface area (Å²) >= 11 is 0. The predicted molar refractivity (Wildman–Crippen MR) is 80.4 cm³/mol. The maximum absolute atomic E-state index is 10.0. The van der Waals surface area contributed by atoms with Crippen molar-refractivity contribution in [2.24, 2.45) is 0 Å². The fraction of sp³-hybridized carbons (Fsp3) is 0.647. The number of aryl methyl sites for hydroxylation is 1. The molecule has 0 aliphatic rings. The molecule has 0 saturated heterocycles. The van der Waals surface area contributed by atoms with Crippen LogP contribution in [-0.2, 0) is 11.2 Å². The highest BCUT2D eigenvalue weighted by atomic mass is 16.5. The van der Waals surface area contributed by atoms with Gasteiger partial charge < -0.3 is 9.84 Å². The van der Waals surface area contributed by atoms with Crippen LogP contribution in [-0.4, -0.2) is 18.3 Å². The van der Waals surface area contributed by atoms with E-state index in [0.29, 0.717) is 6.61 Å². The Morgan fingerprint density at radius 1 is 1.00 bits per heavy atom. The number of hydrogen-bond acceptors (Lipinski definition) is 2. The Morgan fingerprint density at radius 2 is 1.74 bits per heavy atom. The third-order valence-corrected chi connectivity index (χ3v) is 3.32. The van der Waals surface area contributed by atoms with E-state index < -0.39 is 6.10 Å². The minimum atomic E-state index is -0.498. The molecular formula is C17H28O2. The average Bonchev–Trinajstić information content (AvgIpc) is 2.43. The lowest BCUT2D eigenvalue weighted by Gasteiger charge is -2.12. The van der Waals surface area contributed by atoms with Gasteiger partial charge in [-0.1, -0.05) is 63.8 Å². The van der Waals surface area contributed by atoms with Crippen molar-refractivity contribution in [3.63, 3.8) is 0 Å². The molecule has 0 heterocycles. The minimum absolute atomic E-state index is 0.402. The van der Waals surface area contributed by atoms with Crippen LogP contribution in [0.5, 0.6) is 0 Å². The van der Waals surface area contributed by atoms with Gasteiger partial charge in [0.1, 0.15) is 6.10 Å². The van der Waals surface area contributed by atoms with Crippen LogP contribution >= 0.6 is 0 Å². The van der Waals surface area contributed by atoms with Crippen molar-refractivity contribution in [3.05, 3.63) is 35.4 Å². The monoisotopic (exact) mass is 264 g/mol. The molecule has 1 aromatic carbocycles. The molecule has 0 amide bonds. The van der Waals surface area contributed by atoms with Gasteiger partial charge in [0, 0.05) is 6.61 Å². The van der Waals surface area contributed by atoms with Gasteiger partial charge in [0.25, 0.3) is 0 Å². The Balaban J connectivity index is 2.23. The van der Waals surface area contributed by atoms with Gasteiger partial charge in [0.05, 0.1) is 6.61 Å². The topological polar surface area (TPSA) is 29.5 Å². The summed E-state index contributed by atoms with van der Waals surface area (Å²) in [5.74, 6) is 0. The number of aliphatic hydroxyl groups is 1. The van der Waals surface area contributed by atoms with Crippen molar-refractivity contribution in [1.29, 1.82) is 0 Å². The van der Waals surface area contributed by atoms with E-state index in [1.807, 2.05) is 12.1 Å². The van der Waals surface area contributed by atoms with Crippen molar-refractivity contribution in [2.45, 2.75) is 58.5 Å². The fourth-order valence-electron chi connectivity index (χ4n) is 2.12. The second-order valence-electron chi connectivity index (χ2n) is 5.14. The smallest absolute Gasteiger partial charge is 0.102 e. The lowest BCUT2D eigenvalue weighted by atomic mass is 10.0. The van der Waals surface area contributed by atoms with Gasteiger partial charge in [-0.25, -0.2) is 0 Å². The Bertz CT molecular complexity index is 319. The molecule has 0 aliphatic heterocycles. The van der Waals surface area contributed by atoms with E-state index in [2.05, 4.69) is 26.0 Å². The molecule has 0 fully saturated rings. The zero-order valence-electron chi connectivity index (χ0n) is 12.4. The molecule has 0 bridgehead atoms. The van der Waals surface area contributed by atoms with Gasteiger partial charge in [0.2, 0.25) is 0 Å². The van der Waals surface area contributed by atoms with Crippen LogP contribution in [0.15, 0.2) is 24.3 Å². The third-order valence-electron chi connectivity index (χ3n) is 3.32. The SMILES string of the molecule is CCCCCCOCC(O)c1ccc(CCC)cc1. The first-order chi connectivity index (χ1) is 9.27. The molecule has 1 atom stereocenters. The van der Waals surface area contributed by atoms with E-state index in [9.17, 15) is 5.11 Å². The quantitative estimate of drug-likeness (QED) is 0.639. The third kappa shape index (κ3) is 6.74. The zero-order chi connectivity index (χ0) is 13.9. The molecule has 0 spiro atoms. The molecule has 108 valence electrons. The van der Waals surface area contributed by atoms with Crippen LogP contribution in [0.1, 0.15) is 63.2 Å². The number of ether oxygens (including phenoxy) is 1. The molecular weight excluding hydrogens is 236 g/mol. The maximum atomic E-state index is 10.0. The van der Waals surface area contributed by atoms with Gasteiger partial charge in [-0.2, -0.15) is 0 Å². The number of hydrogen-bond donors (Lipinski definition) is 1. The zero-order valence-corrected chi connectivity index (χ0v) is 12.4. The first kappa shape index (κ1) is 16.2. The van der Waals surface area contributed by atoms with Crippen molar-refractivity contribution in [1.82, 2.24) is 0 Å². The maximum Gasteiger partial charge on any atom is 0.102 e. The second-order valence-corrected chi connectivity index (χ2v) is 5.14. The highest BCUT2D eigenvalue weighted by Crippen LogP contribution is 2.15. The summed E-state index contributed by atoms with van der Waals surface area (Å²) in [6.45, 7) is 5.53. The fourth-order valence-corrected chi connectivity index (χ4v) is 2.12. The lowest BCUT2D eigenvalue weighted by Crippen LogP contribution is -2.08. The van der Waals surface area contributed by atoms with E-state index in [-0.39, 0.29) is 0 Å². The van der Waals surface area contributed by atoms with E-state index in [4.69, 9.17) is 4.74 Å². The summed E-state index contributed by atoms with van der Waals surface area (Å²) in [6, 6.07) is 8.22. The lowest BCUT2D eigenvalue weighted by molar-refractivity contribution is 0.0344. The first-order valence-corrected chi connectivity index (χ1v) is 7.62. The van der Waals surface area contributed by atoms with Crippen molar-refractivity contribution in [3.8, 4) is 0 Å². The normalized spacial score (nSPS) is 12.6. The highest BCUT2D eigenvalue weighted by Gasteiger charge is 2.07. The molecule has 1 N–H and O–H groups in total. The van der Waals surface area contributed by atoms with Crippen LogP contribution in [0.25, 0.3) is 0 Å². The number of rotatable bonds is 10. The summed E-state index contributed by atoms with van der Waals surface area (Å²) in [5, 5.41) is 10.0. The van der Waals surface area contributed by atoms with E-state index >= 15 is 0 Å². The molecule has 0 saturated carbocycles. The van der Waals surface area contributed by atoms with E-state index in [1.54, 1.807) is 0 Å². The standard InChI is InChI=1S/C17H28O2/c1-3-5-6-7-13-19-14-17(18)16-11-9-15(8-4-2)10-12-16/h9-12,17-18H,3-8,13-14H2,1-2H3. The van der Waals surface area contributed by atoms with Crippen LogP contribution in [0, 0.1) is 0 Å². The molecule has 0 aromatic heterocycles. The van der Waals surface area contributed by atoms with Crippen molar-refractivity contribution >= 4 is 0 Å². The molecule has 1 rings (SSSR count). The summed E-state index contributed by atoms with van der Waals surface area (Å²) in [7, 11) is 0. The van der Waals surface area contributed by atoms with Crippen LogP contribution < -0.4 is 0 Å². The Labute approximate surface area is 117 Å². The number of unbranched alkanes of at least 4 members (excludes halogenated alkanes) is 3. The summed E-state index contributed by atoms with van der Waals surface area (Å²) in [5.41, 5.74) is 2.28. The molecule has 19 heavy (non-hydrogen) atoms.